The highest BCUT2D eigenvalue weighted by atomic mass is 16.5. The van der Waals surface area contributed by atoms with Crippen LogP contribution in [0.15, 0.2) is 0 Å². The summed E-state index contributed by atoms with van der Waals surface area (Å²) in [6.45, 7) is 1.90. The third-order valence-electron chi connectivity index (χ3n) is 3.51. The lowest BCUT2D eigenvalue weighted by atomic mass is 9.91. The molecule has 82 valence electrons. The summed E-state index contributed by atoms with van der Waals surface area (Å²) in [5, 5.41) is 0. The molecule has 1 atom stereocenters. The van der Waals surface area contributed by atoms with Crippen molar-refractivity contribution in [3.8, 4) is 0 Å². The monoisotopic (exact) mass is 198 g/mol. The van der Waals surface area contributed by atoms with E-state index in [9.17, 15) is 0 Å². The molecule has 1 saturated carbocycles. The van der Waals surface area contributed by atoms with Gasteiger partial charge in [0.25, 0.3) is 0 Å². The van der Waals surface area contributed by atoms with Gasteiger partial charge in [-0.1, -0.05) is 12.8 Å². The maximum atomic E-state index is 5.58. The molecule has 1 heterocycles. The average Bonchev–Trinajstić information content (AvgIpc) is 3.02. The zero-order chi connectivity index (χ0) is 9.80. The lowest BCUT2D eigenvalue weighted by molar-refractivity contribution is 0.0600. The van der Waals surface area contributed by atoms with Crippen LogP contribution in [0.25, 0.3) is 0 Å². The highest BCUT2D eigenvalue weighted by Gasteiger charge is 2.27. The smallest absolute Gasteiger partial charge is 0.0468 e. The lowest BCUT2D eigenvalue weighted by Crippen LogP contribution is -2.37. The summed E-state index contributed by atoms with van der Waals surface area (Å²) in [7, 11) is 0. The molecule has 2 rings (SSSR count). The van der Waals surface area contributed by atoms with Gasteiger partial charge in [-0.25, -0.2) is 0 Å². The third-order valence-corrected chi connectivity index (χ3v) is 3.51. The fourth-order valence-corrected chi connectivity index (χ4v) is 2.37. The summed E-state index contributed by atoms with van der Waals surface area (Å²) in [4.78, 5) is 0. The van der Waals surface area contributed by atoms with E-state index in [0.29, 0.717) is 6.04 Å². The molecule has 1 aliphatic heterocycles. The van der Waals surface area contributed by atoms with Crippen molar-refractivity contribution in [2.24, 2.45) is 17.7 Å². The first-order chi connectivity index (χ1) is 6.88. The minimum Gasteiger partial charge on any atom is -0.381 e. The number of hydrogen-bond donors (Lipinski definition) is 2. The summed E-state index contributed by atoms with van der Waals surface area (Å²) in [6, 6.07) is 0.547. The Kier molecular flexibility index (Phi) is 3.79. The first-order valence-electron chi connectivity index (χ1n) is 5.92. The molecule has 0 amide bonds. The molecule has 3 heteroatoms. The Labute approximate surface area is 86.4 Å². The van der Waals surface area contributed by atoms with Crippen molar-refractivity contribution in [1.29, 1.82) is 0 Å². The Bertz CT molecular complexity index is 165. The highest BCUT2D eigenvalue weighted by Crippen LogP contribution is 2.35. The number of hydrazine groups is 1. The second-order valence-electron chi connectivity index (χ2n) is 4.83. The first-order valence-corrected chi connectivity index (χ1v) is 5.92. The second kappa shape index (κ2) is 5.10. The summed E-state index contributed by atoms with van der Waals surface area (Å²) in [6.07, 6.45) is 7.83. The van der Waals surface area contributed by atoms with Gasteiger partial charge in [0.1, 0.15) is 0 Å². The molecule has 0 aromatic rings. The van der Waals surface area contributed by atoms with Crippen molar-refractivity contribution >= 4 is 0 Å². The number of hydrogen-bond acceptors (Lipinski definition) is 3. The Morgan fingerprint density at radius 1 is 1.07 bits per heavy atom. The van der Waals surface area contributed by atoms with E-state index < -0.39 is 0 Å². The Hall–Kier alpha value is -0.120. The maximum Gasteiger partial charge on any atom is 0.0468 e. The van der Waals surface area contributed by atoms with Crippen LogP contribution in [0.5, 0.6) is 0 Å². The van der Waals surface area contributed by atoms with Crippen molar-refractivity contribution in [2.75, 3.05) is 13.2 Å². The second-order valence-corrected chi connectivity index (χ2v) is 4.83. The summed E-state index contributed by atoms with van der Waals surface area (Å²) < 4.78 is 5.36. The van der Waals surface area contributed by atoms with Gasteiger partial charge in [-0.3, -0.25) is 11.3 Å². The molecule has 0 radical (unpaired) electrons. The van der Waals surface area contributed by atoms with E-state index in [0.717, 1.165) is 25.0 Å². The minimum absolute atomic E-state index is 0.547. The molecule has 1 aliphatic carbocycles. The molecule has 1 saturated heterocycles. The van der Waals surface area contributed by atoms with E-state index in [1.807, 2.05) is 0 Å². The molecule has 0 bridgehead atoms. The fourth-order valence-electron chi connectivity index (χ4n) is 2.37. The van der Waals surface area contributed by atoms with Gasteiger partial charge >= 0.3 is 0 Å². The van der Waals surface area contributed by atoms with Gasteiger partial charge < -0.3 is 4.74 Å². The Morgan fingerprint density at radius 2 is 1.64 bits per heavy atom. The van der Waals surface area contributed by atoms with Crippen LogP contribution < -0.4 is 11.3 Å². The minimum atomic E-state index is 0.547. The van der Waals surface area contributed by atoms with Gasteiger partial charge in [0.05, 0.1) is 0 Å². The van der Waals surface area contributed by atoms with Crippen molar-refractivity contribution in [3.05, 3.63) is 0 Å². The molecule has 1 unspecified atom stereocenters. The lowest BCUT2D eigenvalue weighted by Gasteiger charge is -2.26. The Balaban J connectivity index is 1.68. The number of rotatable bonds is 5. The van der Waals surface area contributed by atoms with Gasteiger partial charge in [0.15, 0.2) is 0 Å². The Morgan fingerprint density at radius 3 is 2.14 bits per heavy atom. The van der Waals surface area contributed by atoms with Crippen molar-refractivity contribution < 1.29 is 4.74 Å². The van der Waals surface area contributed by atoms with Gasteiger partial charge in [-0.2, -0.15) is 0 Å². The van der Waals surface area contributed by atoms with Crippen LogP contribution in [0.1, 0.15) is 38.5 Å². The quantitative estimate of drug-likeness (QED) is 0.519. The van der Waals surface area contributed by atoms with E-state index in [4.69, 9.17) is 10.6 Å². The standard InChI is InChI=1S/C11H22N2O/c12-13-11(7-9-1-2-9)8-10-3-5-14-6-4-10/h9-11,13H,1-8,12H2. The van der Waals surface area contributed by atoms with Gasteiger partial charge in [0.2, 0.25) is 0 Å². The molecule has 2 fully saturated rings. The molecule has 14 heavy (non-hydrogen) atoms. The van der Waals surface area contributed by atoms with Crippen LogP contribution >= 0.6 is 0 Å². The van der Waals surface area contributed by atoms with Crippen LogP contribution in [-0.2, 0) is 4.74 Å². The van der Waals surface area contributed by atoms with Gasteiger partial charge in [-0.15, -0.1) is 0 Å². The molecule has 0 aromatic heterocycles. The van der Waals surface area contributed by atoms with Gasteiger partial charge in [-0.05, 0) is 37.5 Å². The number of ether oxygens (including phenoxy) is 1. The zero-order valence-electron chi connectivity index (χ0n) is 8.87. The van der Waals surface area contributed by atoms with Crippen molar-refractivity contribution in [3.63, 3.8) is 0 Å². The van der Waals surface area contributed by atoms with E-state index in [2.05, 4.69) is 5.43 Å². The summed E-state index contributed by atoms with van der Waals surface area (Å²) >= 11 is 0. The van der Waals surface area contributed by atoms with E-state index in [1.165, 1.54) is 38.5 Å². The average molecular weight is 198 g/mol. The summed E-state index contributed by atoms with van der Waals surface area (Å²) in [5.41, 5.74) is 2.98. The molecule has 3 nitrogen and oxygen atoms in total. The normalized spacial score (nSPS) is 26.4. The molecule has 0 spiro atoms. The number of nitrogens with two attached hydrogens (primary N) is 1. The third kappa shape index (κ3) is 3.23. The van der Waals surface area contributed by atoms with E-state index in [-0.39, 0.29) is 0 Å². The molecule has 3 N–H and O–H groups in total. The topological polar surface area (TPSA) is 47.3 Å². The van der Waals surface area contributed by atoms with E-state index >= 15 is 0 Å². The van der Waals surface area contributed by atoms with E-state index in [1.54, 1.807) is 0 Å². The van der Waals surface area contributed by atoms with Crippen LogP contribution in [0.4, 0.5) is 0 Å². The predicted molar refractivity (Wildman–Crippen MR) is 56.6 cm³/mol. The van der Waals surface area contributed by atoms with Crippen LogP contribution in [0.3, 0.4) is 0 Å². The maximum absolute atomic E-state index is 5.58. The SMILES string of the molecule is NNC(CC1CCOCC1)CC1CC1. The molecule has 2 aliphatic rings. The fraction of sp³-hybridized carbons (Fsp3) is 1.00. The summed E-state index contributed by atoms with van der Waals surface area (Å²) in [5.74, 6) is 7.39. The van der Waals surface area contributed by atoms with Crippen LogP contribution in [-0.4, -0.2) is 19.3 Å². The van der Waals surface area contributed by atoms with Crippen molar-refractivity contribution in [1.82, 2.24) is 5.43 Å². The largest absolute Gasteiger partial charge is 0.381 e. The first kappa shape index (κ1) is 10.4. The molecular weight excluding hydrogens is 176 g/mol. The highest BCUT2D eigenvalue weighted by molar-refractivity contribution is 4.81. The van der Waals surface area contributed by atoms with Crippen LogP contribution in [0.2, 0.25) is 0 Å². The van der Waals surface area contributed by atoms with Gasteiger partial charge in [0, 0.05) is 19.3 Å². The van der Waals surface area contributed by atoms with Crippen molar-refractivity contribution in [2.45, 2.75) is 44.6 Å². The zero-order valence-corrected chi connectivity index (χ0v) is 8.87. The van der Waals surface area contributed by atoms with Crippen LogP contribution in [0, 0.1) is 11.8 Å². The molecular formula is C11H22N2O. The molecule has 0 aromatic carbocycles. The predicted octanol–water partition coefficient (Wildman–Crippen LogP) is 1.44. The number of nitrogens with one attached hydrogen (secondary N) is 1.